The van der Waals surface area contributed by atoms with E-state index in [-0.39, 0.29) is 5.41 Å². The lowest BCUT2D eigenvalue weighted by Gasteiger charge is -2.54. The number of guanidine groups is 1. The van der Waals surface area contributed by atoms with Crippen LogP contribution in [0.4, 0.5) is 0 Å². The zero-order chi connectivity index (χ0) is 15.6. The molecule has 3 fully saturated rings. The number of hydrogen-bond acceptors (Lipinski definition) is 3. The van der Waals surface area contributed by atoms with Gasteiger partial charge < -0.3 is 20.1 Å². The first kappa shape index (κ1) is 16.1. The summed E-state index contributed by atoms with van der Waals surface area (Å²) in [5.74, 6) is 2.28. The molecular formula is C17H31N3O2. The fourth-order valence-electron chi connectivity index (χ4n) is 4.23. The van der Waals surface area contributed by atoms with E-state index in [1.807, 2.05) is 0 Å². The molecule has 1 aliphatic carbocycles. The van der Waals surface area contributed by atoms with Gasteiger partial charge in [-0.05, 0) is 32.1 Å². The van der Waals surface area contributed by atoms with Crippen molar-refractivity contribution in [1.82, 2.24) is 10.6 Å². The molecule has 1 saturated carbocycles. The average molecular weight is 309 g/mol. The highest BCUT2D eigenvalue weighted by Crippen LogP contribution is 2.52. The Morgan fingerprint density at radius 1 is 1.18 bits per heavy atom. The summed E-state index contributed by atoms with van der Waals surface area (Å²) in [7, 11) is 0. The Bertz CT molecular complexity index is 405. The summed E-state index contributed by atoms with van der Waals surface area (Å²) in [5, 5.41) is 7.09. The minimum Gasteiger partial charge on any atom is -0.381 e. The third-order valence-electron chi connectivity index (χ3n) is 5.59. The second-order valence-corrected chi connectivity index (χ2v) is 7.46. The molecule has 2 aliphatic heterocycles. The summed E-state index contributed by atoms with van der Waals surface area (Å²) < 4.78 is 11.3. The van der Waals surface area contributed by atoms with Crippen LogP contribution in [0.1, 0.15) is 40.0 Å². The highest BCUT2D eigenvalue weighted by Gasteiger charge is 2.59. The molecule has 3 unspecified atom stereocenters. The summed E-state index contributed by atoms with van der Waals surface area (Å²) in [5.41, 5.74) is 0.191. The molecule has 3 aliphatic rings. The molecule has 3 atom stereocenters. The second kappa shape index (κ2) is 6.75. The number of hydrogen-bond donors (Lipinski definition) is 2. The lowest BCUT2D eigenvalue weighted by atomic mass is 9.57. The van der Waals surface area contributed by atoms with Crippen LogP contribution in [0.15, 0.2) is 4.99 Å². The first-order chi connectivity index (χ1) is 10.6. The van der Waals surface area contributed by atoms with Gasteiger partial charge in [-0.2, -0.15) is 0 Å². The van der Waals surface area contributed by atoms with Gasteiger partial charge in [-0.15, -0.1) is 0 Å². The molecule has 2 heterocycles. The lowest BCUT2D eigenvalue weighted by Crippen LogP contribution is -2.68. The summed E-state index contributed by atoms with van der Waals surface area (Å²) in [6, 6.07) is 0.465. The highest BCUT2D eigenvalue weighted by molar-refractivity contribution is 5.80. The molecule has 0 amide bonds. The van der Waals surface area contributed by atoms with Crippen LogP contribution in [0.5, 0.6) is 0 Å². The van der Waals surface area contributed by atoms with Gasteiger partial charge in [0.1, 0.15) is 0 Å². The van der Waals surface area contributed by atoms with Crippen molar-refractivity contribution in [2.24, 2.45) is 22.2 Å². The number of aliphatic imine (C=N–C) groups is 1. The Labute approximate surface area is 134 Å². The first-order valence-electron chi connectivity index (χ1n) is 8.87. The zero-order valence-corrected chi connectivity index (χ0v) is 14.2. The largest absolute Gasteiger partial charge is 0.381 e. The van der Waals surface area contributed by atoms with Crippen molar-refractivity contribution in [3.63, 3.8) is 0 Å². The van der Waals surface area contributed by atoms with Crippen molar-refractivity contribution in [3.05, 3.63) is 0 Å². The van der Waals surface area contributed by atoms with Crippen molar-refractivity contribution < 1.29 is 9.47 Å². The molecule has 2 N–H and O–H groups in total. The molecule has 5 nitrogen and oxygen atoms in total. The molecule has 2 saturated heterocycles. The monoisotopic (exact) mass is 309 g/mol. The van der Waals surface area contributed by atoms with Gasteiger partial charge in [-0.1, -0.05) is 13.8 Å². The van der Waals surface area contributed by atoms with E-state index in [4.69, 9.17) is 14.5 Å². The van der Waals surface area contributed by atoms with E-state index in [1.165, 1.54) is 6.42 Å². The van der Waals surface area contributed by atoms with Crippen molar-refractivity contribution in [1.29, 1.82) is 0 Å². The van der Waals surface area contributed by atoms with E-state index < -0.39 is 0 Å². The van der Waals surface area contributed by atoms with Crippen molar-refractivity contribution in [3.8, 4) is 0 Å². The van der Waals surface area contributed by atoms with Crippen LogP contribution in [0.3, 0.4) is 0 Å². The quantitative estimate of drug-likeness (QED) is 0.614. The third-order valence-corrected chi connectivity index (χ3v) is 5.59. The Morgan fingerprint density at radius 2 is 1.95 bits per heavy atom. The van der Waals surface area contributed by atoms with Gasteiger partial charge in [0.15, 0.2) is 5.96 Å². The fourth-order valence-corrected chi connectivity index (χ4v) is 4.23. The van der Waals surface area contributed by atoms with Gasteiger partial charge in [0.25, 0.3) is 0 Å². The summed E-state index contributed by atoms with van der Waals surface area (Å²) in [6.45, 7) is 11.2. The molecular weight excluding hydrogens is 278 g/mol. The number of ether oxygens (including phenoxy) is 2. The first-order valence-corrected chi connectivity index (χ1v) is 8.87. The normalized spacial score (nSPS) is 34.9. The van der Waals surface area contributed by atoms with Gasteiger partial charge in [0.2, 0.25) is 0 Å². The predicted octanol–water partition coefficient (Wildman–Crippen LogP) is 1.78. The van der Waals surface area contributed by atoms with Crippen molar-refractivity contribution in [2.75, 3.05) is 32.9 Å². The van der Waals surface area contributed by atoms with Gasteiger partial charge in [0, 0.05) is 50.3 Å². The topological polar surface area (TPSA) is 54.9 Å². The predicted molar refractivity (Wildman–Crippen MR) is 88.1 cm³/mol. The molecule has 22 heavy (non-hydrogen) atoms. The van der Waals surface area contributed by atoms with E-state index in [1.54, 1.807) is 0 Å². The smallest absolute Gasteiger partial charge is 0.191 e. The van der Waals surface area contributed by atoms with Crippen LogP contribution >= 0.6 is 0 Å². The SMILES string of the molecule is CCNC(=NCC1CCOCC1)NC1C2CCOC2C1(C)C. The van der Waals surface area contributed by atoms with Crippen LogP contribution in [0, 0.1) is 17.3 Å². The molecule has 0 radical (unpaired) electrons. The molecule has 0 aromatic heterocycles. The van der Waals surface area contributed by atoms with E-state index in [0.29, 0.717) is 24.0 Å². The Balaban J connectivity index is 1.59. The maximum Gasteiger partial charge on any atom is 0.191 e. The summed E-state index contributed by atoms with van der Waals surface area (Å²) in [4.78, 5) is 4.84. The van der Waals surface area contributed by atoms with Gasteiger partial charge >= 0.3 is 0 Å². The van der Waals surface area contributed by atoms with E-state index in [0.717, 1.165) is 51.7 Å². The van der Waals surface area contributed by atoms with Gasteiger partial charge in [0.05, 0.1) is 6.10 Å². The second-order valence-electron chi connectivity index (χ2n) is 7.46. The molecule has 0 bridgehead atoms. The number of rotatable bonds is 4. The van der Waals surface area contributed by atoms with E-state index >= 15 is 0 Å². The van der Waals surface area contributed by atoms with Crippen molar-refractivity contribution >= 4 is 5.96 Å². The van der Waals surface area contributed by atoms with Gasteiger partial charge in [-0.25, -0.2) is 0 Å². The van der Waals surface area contributed by atoms with Crippen LogP contribution in [-0.4, -0.2) is 51.0 Å². The van der Waals surface area contributed by atoms with E-state index in [2.05, 4.69) is 31.4 Å². The molecule has 126 valence electrons. The number of nitrogens with one attached hydrogen (secondary N) is 2. The fraction of sp³-hybridized carbons (Fsp3) is 0.941. The van der Waals surface area contributed by atoms with Crippen LogP contribution < -0.4 is 10.6 Å². The minimum absolute atomic E-state index is 0.191. The number of fused-ring (bicyclic) bond motifs is 1. The lowest BCUT2D eigenvalue weighted by molar-refractivity contribution is -0.106. The Kier molecular flexibility index (Phi) is 4.93. The Hall–Kier alpha value is -0.810. The average Bonchev–Trinajstić information content (AvgIpc) is 2.98. The molecule has 0 aromatic carbocycles. The maximum absolute atomic E-state index is 5.88. The van der Waals surface area contributed by atoms with Crippen molar-refractivity contribution in [2.45, 2.75) is 52.2 Å². The van der Waals surface area contributed by atoms with E-state index in [9.17, 15) is 0 Å². The van der Waals surface area contributed by atoms with Crippen LogP contribution in [-0.2, 0) is 9.47 Å². The maximum atomic E-state index is 5.88. The molecule has 0 aromatic rings. The third kappa shape index (κ3) is 3.11. The summed E-state index contributed by atoms with van der Waals surface area (Å²) >= 11 is 0. The minimum atomic E-state index is 0.191. The van der Waals surface area contributed by atoms with Crippen LogP contribution in [0.2, 0.25) is 0 Å². The zero-order valence-electron chi connectivity index (χ0n) is 14.2. The number of nitrogens with zero attached hydrogens (tertiary/aromatic N) is 1. The Morgan fingerprint density at radius 3 is 2.68 bits per heavy atom. The molecule has 5 heteroatoms. The summed E-state index contributed by atoms with van der Waals surface area (Å²) in [6.07, 6.45) is 3.86. The highest BCUT2D eigenvalue weighted by atomic mass is 16.5. The standard InChI is InChI=1S/C17H31N3O2/c1-4-18-16(19-11-12-5-8-21-9-6-12)20-14-13-7-10-22-15(13)17(14,2)3/h12-15H,4-11H2,1-3H3,(H2,18,19,20). The molecule has 0 spiro atoms. The van der Waals surface area contributed by atoms with Gasteiger partial charge in [-0.3, -0.25) is 4.99 Å². The molecule has 3 rings (SSSR count). The van der Waals surface area contributed by atoms with Crippen LogP contribution in [0.25, 0.3) is 0 Å².